The predicted molar refractivity (Wildman–Crippen MR) is 97.4 cm³/mol. The molecule has 0 fully saturated rings. The topological polar surface area (TPSA) is 81.2 Å². The van der Waals surface area contributed by atoms with E-state index >= 15 is 0 Å². The Morgan fingerprint density at radius 2 is 1.79 bits per heavy atom. The van der Waals surface area contributed by atoms with Crippen LogP contribution in [0.1, 0.15) is 5.56 Å². The van der Waals surface area contributed by atoms with Crippen LogP contribution in [0.15, 0.2) is 48.7 Å². The second-order valence-corrected chi connectivity index (χ2v) is 5.56. The summed E-state index contributed by atoms with van der Waals surface area (Å²) in [4.78, 5) is 4.21. The lowest BCUT2D eigenvalue weighted by atomic mass is 10.2. The minimum atomic E-state index is -4.44. The summed E-state index contributed by atoms with van der Waals surface area (Å²) in [6.07, 6.45) is -3.06. The zero-order valence-electron chi connectivity index (χ0n) is 14.9. The van der Waals surface area contributed by atoms with Crippen LogP contribution < -0.4 is 20.1 Å². The van der Waals surface area contributed by atoms with E-state index in [0.29, 0.717) is 23.0 Å². The molecule has 0 unspecified atom stereocenters. The number of nitrogens with one attached hydrogen (secondary N) is 2. The van der Waals surface area contributed by atoms with Gasteiger partial charge >= 0.3 is 6.18 Å². The van der Waals surface area contributed by atoms with Crippen molar-refractivity contribution < 1.29 is 22.6 Å². The lowest BCUT2D eigenvalue weighted by Crippen LogP contribution is -2.06. The van der Waals surface area contributed by atoms with Gasteiger partial charge in [0.25, 0.3) is 0 Å². The molecule has 0 bridgehead atoms. The number of benzene rings is 2. The molecule has 2 aromatic carbocycles. The predicted octanol–water partition coefficient (Wildman–Crippen LogP) is 4.39. The summed E-state index contributed by atoms with van der Waals surface area (Å²) in [7, 11) is 3.06. The van der Waals surface area contributed by atoms with Crippen molar-refractivity contribution in [1.29, 1.82) is 0 Å². The molecule has 0 radical (unpaired) electrons. The van der Waals surface area contributed by atoms with Crippen LogP contribution in [0.5, 0.6) is 11.5 Å². The highest BCUT2D eigenvalue weighted by Crippen LogP contribution is 2.32. The Hall–Kier alpha value is -3.56. The molecule has 0 aliphatic rings. The van der Waals surface area contributed by atoms with E-state index < -0.39 is 11.7 Å². The van der Waals surface area contributed by atoms with Gasteiger partial charge in [-0.25, -0.2) is 0 Å². The van der Waals surface area contributed by atoms with Crippen LogP contribution in [-0.4, -0.2) is 29.4 Å². The maximum atomic E-state index is 12.8. The van der Waals surface area contributed by atoms with E-state index in [0.717, 1.165) is 12.1 Å². The fourth-order valence-electron chi connectivity index (χ4n) is 2.36. The molecular weight excluding hydrogens is 375 g/mol. The van der Waals surface area contributed by atoms with Crippen molar-refractivity contribution in [3.05, 3.63) is 54.2 Å². The van der Waals surface area contributed by atoms with Crippen molar-refractivity contribution in [3.63, 3.8) is 0 Å². The number of methoxy groups -OCH3 is 2. The number of rotatable bonds is 6. The molecule has 10 heteroatoms. The second-order valence-electron chi connectivity index (χ2n) is 5.56. The summed E-state index contributed by atoms with van der Waals surface area (Å²) in [5.74, 6) is 1.50. The number of alkyl halides is 3. The molecule has 3 aromatic rings. The zero-order chi connectivity index (χ0) is 20.1. The summed E-state index contributed by atoms with van der Waals surface area (Å²) < 4.78 is 49.0. The van der Waals surface area contributed by atoms with Crippen LogP contribution in [0.4, 0.5) is 36.3 Å². The van der Waals surface area contributed by atoms with Gasteiger partial charge in [-0.05, 0) is 30.3 Å². The normalized spacial score (nSPS) is 11.0. The molecule has 0 spiro atoms. The largest absolute Gasteiger partial charge is 0.497 e. The van der Waals surface area contributed by atoms with Gasteiger partial charge in [0, 0.05) is 11.8 Å². The molecular formula is C18H16F3N5O2. The quantitative estimate of drug-likeness (QED) is 0.645. The van der Waals surface area contributed by atoms with E-state index in [1.165, 1.54) is 25.4 Å². The maximum Gasteiger partial charge on any atom is 0.416 e. The molecule has 1 aromatic heterocycles. The standard InChI is InChI=1S/C18H16F3N5O2/c1-27-13-6-7-14(15(9-13)28-2)24-16-10-22-26-17(25-16)23-12-5-3-4-11(8-12)18(19,20)21/h3-10H,1-2H3,(H2,23,24,25,26). The summed E-state index contributed by atoms with van der Waals surface area (Å²) >= 11 is 0. The molecule has 146 valence electrons. The molecule has 0 saturated heterocycles. The Balaban J connectivity index is 1.80. The summed E-state index contributed by atoms with van der Waals surface area (Å²) in [6, 6.07) is 9.89. The van der Waals surface area contributed by atoms with Crippen LogP contribution in [-0.2, 0) is 6.18 Å². The van der Waals surface area contributed by atoms with Crippen LogP contribution in [0.25, 0.3) is 0 Å². The van der Waals surface area contributed by atoms with Gasteiger partial charge in [0.05, 0.1) is 31.7 Å². The average Bonchev–Trinajstić information content (AvgIpc) is 2.68. The molecule has 0 saturated carbocycles. The molecule has 0 atom stereocenters. The molecule has 1 heterocycles. The van der Waals surface area contributed by atoms with Gasteiger partial charge in [0.2, 0.25) is 5.95 Å². The Kier molecular flexibility index (Phi) is 5.48. The summed E-state index contributed by atoms with van der Waals surface area (Å²) in [5.41, 5.74) is 0.0207. The molecule has 0 aliphatic heterocycles. The van der Waals surface area contributed by atoms with E-state index in [9.17, 15) is 13.2 Å². The smallest absolute Gasteiger partial charge is 0.416 e. The Morgan fingerprint density at radius 3 is 2.50 bits per heavy atom. The number of hydrogen-bond donors (Lipinski definition) is 2. The highest BCUT2D eigenvalue weighted by Gasteiger charge is 2.30. The van der Waals surface area contributed by atoms with Gasteiger partial charge in [0.15, 0.2) is 5.82 Å². The van der Waals surface area contributed by atoms with Crippen molar-refractivity contribution in [1.82, 2.24) is 15.2 Å². The number of hydrogen-bond acceptors (Lipinski definition) is 7. The monoisotopic (exact) mass is 391 g/mol. The van der Waals surface area contributed by atoms with Gasteiger partial charge < -0.3 is 20.1 Å². The first-order valence-corrected chi connectivity index (χ1v) is 8.02. The van der Waals surface area contributed by atoms with E-state index in [4.69, 9.17) is 9.47 Å². The molecule has 0 aliphatic carbocycles. The Morgan fingerprint density at radius 1 is 0.964 bits per heavy atom. The van der Waals surface area contributed by atoms with Gasteiger partial charge in [-0.15, -0.1) is 5.10 Å². The number of ether oxygens (including phenoxy) is 2. The first-order valence-electron chi connectivity index (χ1n) is 8.02. The summed E-state index contributed by atoms with van der Waals surface area (Å²) in [5, 5.41) is 13.3. The third-order valence-corrected chi connectivity index (χ3v) is 3.68. The lowest BCUT2D eigenvalue weighted by Gasteiger charge is -2.12. The lowest BCUT2D eigenvalue weighted by molar-refractivity contribution is -0.137. The Bertz CT molecular complexity index is 966. The molecule has 0 amide bonds. The number of nitrogens with zero attached hydrogens (tertiary/aromatic N) is 3. The van der Waals surface area contributed by atoms with Crippen molar-refractivity contribution in [2.45, 2.75) is 6.18 Å². The van der Waals surface area contributed by atoms with Crippen LogP contribution in [0, 0.1) is 0 Å². The maximum absolute atomic E-state index is 12.8. The molecule has 28 heavy (non-hydrogen) atoms. The van der Waals surface area contributed by atoms with Gasteiger partial charge in [0.1, 0.15) is 11.5 Å². The summed E-state index contributed by atoms with van der Waals surface area (Å²) in [6.45, 7) is 0. The highest BCUT2D eigenvalue weighted by molar-refractivity contribution is 5.66. The van der Waals surface area contributed by atoms with Gasteiger partial charge in [-0.3, -0.25) is 0 Å². The second kappa shape index (κ2) is 7.99. The molecule has 2 N–H and O–H groups in total. The van der Waals surface area contributed by atoms with E-state index in [1.807, 2.05) is 0 Å². The fraction of sp³-hybridized carbons (Fsp3) is 0.167. The molecule has 3 rings (SSSR count). The fourth-order valence-corrected chi connectivity index (χ4v) is 2.36. The van der Waals surface area contributed by atoms with Crippen LogP contribution >= 0.6 is 0 Å². The number of halogens is 3. The van der Waals surface area contributed by atoms with Crippen molar-refractivity contribution in [3.8, 4) is 11.5 Å². The highest BCUT2D eigenvalue weighted by atomic mass is 19.4. The van der Waals surface area contributed by atoms with Crippen LogP contribution in [0.3, 0.4) is 0 Å². The third kappa shape index (κ3) is 4.58. The zero-order valence-corrected chi connectivity index (χ0v) is 14.9. The minimum Gasteiger partial charge on any atom is -0.497 e. The van der Waals surface area contributed by atoms with E-state index in [-0.39, 0.29) is 11.6 Å². The minimum absolute atomic E-state index is 0.0387. The molecule has 7 nitrogen and oxygen atoms in total. The number of anilines is 4. The van der Waals surface area contributed by atoms with Gasteiger partial charge in [-0.1, -0.05) is 6.07 Å². The number of aromatic nitrogens is 3. The first kappa shape index (κ1) is 19.2. The van der Waals surface area contributed by atoms with Crippen molar-refractivity contribution in [2.75, 3.05) is 24.9 Å². The third-order valence-electron chi connectivity index (χ3n) is 3.68. The first-order chi connectivity index (χ1) is 13.4. The van der Waals surface area contributed by atoms with Crippen LogP contribution in [0.2, 0.25) is 0 Å². The van der Waals surface area contributed by atoms with Gasteiger partial charge in [-0.2, -0.15) is 23.3 Å². The Labute approximate surface area is 158 Å². The van der Waals surface area contributed by atoms with Crippen molar-refractivity contribution in [2.24, 2.45) is 0 Å². The van der Waals surface area contributed by atoms with E-state index in [2.05, 4.69) is 25.8 Å². The SMILES string of the molecule is COc1ccc(Nc2cnnc(Nc3cccc(C(F)(F)F)c3)n2)c(OC)c1. The van der Waals surface area contributed by atoms with E-state index in [1.54, 1.807) is 25.3 Å². The average molecular weight is 391 g/mol. The van der Waals surface area contributed by atoms with Crippen molar-refractivity contribution >= 4 is 23.1 Å².